The van der Waals surface area contributed by atoms with E-state index in [1.54, 1.807) is 6.92 Å². The first-order chi connectivity index (χ1) is 14.3. The minimum atomic E-state index is -0.626. The lowest BCUT2D eigenvalue weighted by atomic mass is 10.0. The Morgan fingerprint density at radius 3 is 2.67 bits per heavy atom. The number of carbonyl (C=O) groups excluding carboxylic acids is 2. The third-order valence-corrected chi connectivity index (χ3v) is 5.54. The van der Waals surface area contributed by atoms with Gasteiger partial charge in [0.2, 0.25) is 5.91 Å². The number of piperidine rings is 1. The SMILES string of the molecule is Cc1ccc(C(C)C)cc1OC(C)C(=O)Nc1cccc(CN2CCCCC2=O)c1. The molecule has 1 aliphatic rings. The summed E-state index contributed by atoms with van der Waals surface area (Å²) in [5.41, 5.74) is 3.91. The average Bonchev–Trinajstić information content (AvgIpc) is 2.71. The normalized spacial score (nSPS) is 15.2. The Morgan fingerprint density at radius 2 is 1.93 bits per heavy atom. The van der Waals surface area contributed by atoms with Crippen molar-refractivity contribution in [2.75, 3.05) is 11.9 Å². The highest BCUT2D eigenvalue weighted by molar-refractivity contribution is 5.94. The number of hydrogen-bond donors (Lipinski definition) is 1. The molecule has 0 aliphatic carbocycles. The zero-order valence-corrected chi connectivity index (χ0v) is 18.4. The molecule has 0 radical (unpaired) electrons. The average molecular weight is 409 g/mol. The van der Waals surface area contributed by atoms with Crippen LogP contribution in [0.2, 0.25) is 0 Å². The summed E-state index contributed by atoms with van der Waals surface area (Å²) in [4.78, 5) is 26.6. The summed E-state index contributed by atoms with van der Waals surface area (Å²) in [6.07, 6.45) is 2.03. The summed E-state index contributed by atoms with van der Waals surface area (Å²) >= 11 is 0. The van der Waals surface area contributed by atoms with E-state index in [2.05, 4.69) is 25.2 Å². The van der Waals surface area contributed by atoms with Crippen LogP contribution in [-0.4, -0.2) is 29.4 Å². The first-order valence-electron chi connectivity index (χ1n) is 10.8. The second-order valence-corrected chi connectivity index (χ2v) is 8.40. The van der Waals surface area contributed by atoms with E-state index in [0.29, 0.717) is 24.6 Å². The second kappa shape index (κ2) is 9.79. The number of amides is 2. The van der Waals surface area contributed by atoms with E-state index in [0.717, 1.165) is 36.3 Å². The number of benzene rings is 2. The van der Waals surface area contributed by atoms with Gasteiger partial charge >= 0.3 is 0 Å². The maximum Gasteiger partial charge on any atom is 0.265 e. The van der Waals surface area contributed by atoms with Crippen molar-refractivity contribution >= 4 is 17.5 Å². The third-order valence-electron chi connectivity index (χ3n) is 5.54. The van der Waals surface area contributed by atoms with E-state index in [1.807, 2.05) is 48.2 Å². The molecule has 1 heterocycles. The topological polar surface area (TPSA) is 58.6 Å². The summed E-state index contributed by atoms with van der Waals surface area (Å²) in [5, 5.41) is 2.94. The number of rotatable bonds is 7. The summed E-state index contributed by atoms with van der Waals surface area (Å²) in [7, 11) is 0. The van der Waals surface area contributed by atoms with E-state index >= 15 is 0 Å². The van der Waals surface area contributed by atoms with Crippen molar-refractivity contribution in [1.29, 1.82) is 0 Å². The molecule has 0 saturated carbocycles. The lowest BCUT2D eigenvalue weighted by Gasteiger charge is -2.27. The molecule has 5 heteroatoms. The van der Waals surface area contributed by atoms with Crippen molar-refractivity contribution in [3.63, 3.8) is 0 Å². The number of carbonyl (C=O) groups is 2. The Hall–Kier alpha value is -2.82. The fourth-order valence-corrected chi connectivity index (χ4v) is 3.59. The van der Waals surface area contributed by atoms with Crippen molar-refractivity contribution in [3.8, 4) is 5.75 Å². The number of nitrogens with zero attached hydrogens (tertiary/aromatic N) is 1. The minimum Gasteiger partial charge on any atom is -0.481 e. The molecule has 160 valence electrons. The number of likely N-dealkylation sites (tertiary alicyclic amines) is 1. The molecule has 1 N–H and O–H groups in total. The van der Waals surface area contributed by atoms with Crippen LogP contribution in [0.5, 0.6) is 5.75 Å². The molecule has 1 fully saturated rings. The van der Waals surface area contributed by atoms with Crippen molar-refractivity contribution in [1.82, 2.24) is 4.90 Å². The maximum absolute atomic E-state index is 12.7. The monoisotopic (exact) mass is 408 g/mol. The van der Waals surface area contributed by atoms with E-state index in [9.17, 15) is 9.59 Å². The van der Waals surface area contributed by atoms with E-state index < -0.39 is 6.10 Å². The van der Waals surface area contributed by atoms with E-state index in [-0.39, 0.29) is 11.8 Å². The molecule has 5 nitrogen and oxygen atoms in total. The summed E-state index contributed by atoms with van der Waals surface area (Å²) in [6, 6.07) is 13.8. The van der Waals surface area contributed by atoms with Crippen molar-refractivity contribution in [3.05, 3.63) is 59.2 Å². The standard InChI is InChI=1S/C25H32N2O3/c1-17(2)21-12-11-18(3)23(15-21)30-19(4)25(29)26-22-9-7-8-20(14-22)16-27-13-6-5-10-24(27)28/h7-9,11-12,14-15,17,19H,5-6,10,13,16H2,1-4H3,(H,26,29). The Bertz CT molecular complexity index is 907. The maximum atomic E-state index is 12.7. The minimum absolute atomic E-state index is 0.199. The largest absolute Gasteiger partial charge is 0.481 e. The molecule has 2 amide bonds. The molecule has 0 bridgehead atoms. The first kappa shape index (κ1) is 21.9. The van der Waals surface area contributed by atoms with Gasteiger partial charge in [-0.1, -0.05) is 38.1 Å². The summed E-state index contributed by atoms with van der Waals surface area (Å²) in [5.74, 6) is 1.14. The van der Waals surface area contributed by atoms with Crippen molar-refractivity contribution in [2.45, 2.75) is 65.5 Å². The van der Waals surface area contributed by atoms with Crippen LogP contribution < -0.4 is 10.1 Å². The van der Waals surface area contributed by atoms with Gasteiger partial charge in [0, 0.05) is 25.2 Å². The van der Waals surface area contributed by atoms with Gasteiger partial charge in [0.15, 0.2) is 6.10 Å². The zero-order valence-electron chi connectivity index (χ0n) is 18.4. The van der Waals surface area contributed by atoms with Gasteiger partial charge in [-0.2, -0.15) is 0 Å². The molecule has 0 spiro atoms. The number of anilines is 1. The molecule has 0 aromatic heterocycles. The van der Waals surface area contributed by atoms with Crippen LogP contribution >= 0.6 is 0 Å². The van der Waals surface area contributed by atoms with Crippen molar-refractivity contribution in [2.24, 2.45) is 0 Å². The van der Waals surface area contributed by atoms with E-state index in [4.69, 9.17) is 4.74 Å². The van der Waals surface area contributed by atoms with Gasteiger partial charge in [0.25, 0.3) is 5.91 Å². The van der Waals surface area contributed by atoms with Crippen LogP contribution in [0.25, 0.3) is 0 Å². The van der Waals surface area contributed by atoms with Gasteiger partial charge in [-0.3, -0.25) is 9.59 Å². The zero-order chi connectivity index (χ0) is 21.7. The van der Waals surface area contributed by atoms with Crippen LogP contribution in [0.15, 0.2) is 42.5 Å². The highest BCUT2D eigenvalue weighted by Gasteiger charge is 2.19. The second-order valence-electron chi connectivity index (χ2n) is 8.40. The van der Waals surface area contributed by atoms with E-state index in [1.165, 1.54) is 5.56 Å². The third kappa shape index (κ3) is 5.62. The highest BCUT2D eigenvalue weighted by Crippen LogP contribution is 2.25. The Morgan fingerprint density at radius 1 is 1.13 bits per heavy atom. The summed E-state index contributed by atoms with van der Waals surface area (Å²) in [6.45, 7) is 9.39. The molecular weight excluding hydrogens is 376 g/mol. The van der Waals surface area contributed by atoms with Gasteiger partial charge in [-0.15, -0.1) is 0 Å². The fourth-order valence-electron chi connectivity index (χ4n) is 3.59. The molecule has 2 aromatic rings. The van der Waals surface area contributed by atoms with Crippen molar-refractivity contribution < 1.29 is 14.3 Å². The van der Waals surface area contributed by atoms with Crippen LogP contribution in [-0.2, 0) is 16.1 Å². The van der Waals surface area contributed by atoms with Gasteiger partial charge < -0.3 is 15.0 Å². The van der Waals surface area contributed by atoms with Gasteiger partial charge in [-0.25, -0.2) is 0 Å². The lowest BCUT2D eigenvalue weighted by Crippen LogP contribution is -2.34. The smallest absolute Gasteiger partial charge is 0.265 e. The van der Waals surface area contributed by atoms with Gasteiger partial charge in [0.1, 0.15) is 5.75 Å². The highest BCUT2D eigenvalue weighted by atomic mass is 16.5. The number of aryl methyl sites for hydroxylation is 1. The quantitative estimate of drug-likeness (QED) is 0.698. The molecule has 2 aromatic carbocycles. The Balaban J connectivity index is 1.63. The van der Waals surface area contributed by atoms with Crippen LogP contribution in [0, 0.1) is 6.92 Å². The number of ether oxygens (including phenoxy) is 1. The summed E-state index contributed by atoms with van der Waals surface area (Å²) < 4.78 is 5.97. The fraction of sp³-hybridized carbons (Fsp3) is 0.440. The predicted molar refractivity (Wildman–Crippen MR) is 120 cm³/mol. The molecule has 3 rings (SSSR count). The molecule has 1 unspecified atom stereocenters. The molecular formula is C25H32N2O3. The molecule has 30 heavy (non-hydrogen) atoms. The Kier molecular flexibility index (Phi) is 7.14. The number of nitrogens with one attached hydrogen (secondary N) is 1. The van der Waals surface area contributed by atoms with Crippen LogP contribution in [0.4, 0.5) is 5.69 Å². The van der Waals surface area contributed by atoms with Gasteiger partial charge in [0.05, 0.1) is 0 Å². The molecule has 1 atom stereocenters. The predicted octanol–water partition coefficient (Wildman–Crippen LogP) is 5.04. The number of hydrogen-bond acceptors (Lipinski definition) is 3. The Labute approximate surface area is 179 Å². The molecule has 1 aliphatic heterocycles. The van der Waals surface area contributed by atoms with Crippen LogP contribution in [0.1, 0.15) is 62.6 Å². The van der Waals surface area contributed by atoms with Gasteiger partial charge in [-0.05, 0) is 67.5 Å². The van der Waals surface area contributed by atoms with Crippen LogP contribution in [0.3, 0.4) is 0 Å². The lowest BCUT2D eigenvalue weighted by molar-refractivity contribution is -0.133. The molecule has 1 saturated heterocycles. The first-order valence-corrected chi connectivity index (χ1v) is 10.8.